The molecule has 0 unspecified atom stereocenters. The first-order valence-corrected chi connectivity index (χ1v) is 9.66. The topological polar surface area (TPSA) is 45.6 Å². The number of pyridine rings is 1. The van der Waals surface area contributed by atoms with Gasteiger partial charge in [0, 0.05) is 31.3 Å². The average molecular weight is 378 g/mol. The number of thioether (sulfide) groups is 1. The van der Waals surface area contributed by atoms with Crippen molar-refractivity contribution in [2.24, 2.45) is 11.8 Å². The van der Waals surface area contributed by atoms with E-state index in [1.165, 1.54) is 18.3 Å². The van der Waals surface area contributed by atoms with Gasteiger partial charge < -0.3 is 9.84 Å². The molecule has 0 radical (unpaired) electrons. The summed E-state index contributed by atoms with van der Waals surface area (Å²) >= 11 is 1.66. The molecule has 4 nitrogen and oxygen atoms in total. The van der Waals surface area contributed by atoms with E-state index in [2.05, 4.69) is 9.88 Å². The summed E-state index contributed by atoms with van der Waals surface area (Å²) in [4.78, 5) is 6.60. The number of likely N-dealkylation sites (tertiary alicyclic amines) is 1. The van der Waals surface area contributed by atoms with Crippen LogP contribution in [0.5, 0.6) is 11.5 Å². The van der Waals surface area contributed by atoms with Crippen molar-refractivity contribution in [2.45, 2.75) is 24.0 Å². The predicted octanol–water partition coefficient (Wildman–Crippen LogP) is 3.90. The molecular weight excluding hydrogens is 358 g/mol. The highest BCUT2D eigenvalue weighted by atomic mass is 32.2. The Morgan fingerprint density at radius 2 is 1.81 bits per heavy atom. The van der Waals surface area contributed by atoms with Crippen LogP contribution in [0, 0.1) is 23.5 Å². The Kier molecular flexibility index (Phi) is 5.00. The van der Waals surface area contributed by atoms with Crippen molar-refractivity contribution in [3.05, 3.63) is 48.2 Å². The predicted molar refractivity (Wildman–Crippen MR) is 95.2 cm³/mol. The Labute approximate surface area is 155 Å². The first-order chi connectivity index (χ1) is 12.5. The van der Waals surface area contributed by atoms with Crippen LogP contribution >= 0.6 is 11.8 Å². The monoisotopic (exact) mass is 378 g/mol. The lowest BCUT2D eigenvalue weighted by molar-refractivity contribution is 0.188. The highest BCUT2D eigenvalue weighted by molar-refractivity contribution is 7.99. The molecule has 138 valence electrons. The highest BCUT2D eigenvalue weighted by Crippen LogP contribution is 2.40. The van der Waals surface area contributed by atoms with E-state index >= 15 is 0 Å². The normalized spacial score (nSPS) is 25.4. The summed E-state index contributed by atoms with van der Waals surface area (Å²) in [6.07, 6.45) is 3.32. The Bertz CT molecular complexity index is 740. The third-order valence-electron chi connectivity index (χ3n) is 5.04. The van der Waals surface area contributed by atoms with Gasteiger partial charge in [0.15, 0.2) is 0 Å². The Hall–Kier alpha value is -1.86. The number of aromatic hydroxyl groups is 1. The summed E-state index contributed by atoms with van der Waals surface area (Å²) in [7, 11) is 0. The molecule has 0 amide bonds. The summed E-state index contributed by atoms with van der Waals surface area (Å²) in [5.74, 6) is 1.23. The smallest absolute Gasteiger partial charge is 0.133 e. The molecule has 1 N–H and O–H groups in total. The summed E-state index contributed by atoms with van der Waals surface area (Å²) in [5, 5.41) is 10.2. The largest absolute Gasteiger partial charge is 0.506 e. The van der Waals surface area contributed by atoms with E-state index in [9.17, 15) is 13.9 Å². The Balaban J connectivity index is 1.26. The number of rotatable bonds is 5. The molecule has 26 heavy (non-hydrogen) atoms. The number of nitrogens with zero attached hydrogens (tertiary/aromatic N) is 2. The van der Waals surface area contributed by atoms with Crippen molar-refractivity contribution in [1.29, 1.82) is 0 Å². The molecule has 1 aromatic heterocycles. The fourth-order valence-corrected chi connectivity index (χ4v) is 4.76. The van der Waals surface area contributed by atoms with Crippen molar-refractivity contribution in [2.75, 3.05) is 19.0 Å². The van der Waals surface area contributed by atoms with Crippen LogP contribution < -0.4 is 4.74 Å². The van der Waals surface area contributed by atoms with Crippen LogP contribution in [0.4, 0.5) is 8.78 Å². The third kappa shape index (κ3) is 4.10. The van der Waals surface area contributed by atoms with E-state index in [0.717, 1.165) is 42.9 Å². The van der Waals surface area contributed by atoms with Crippen molar-refractivity contribution in [3.8, 4) is 11.5 Å². The molecule has 7 heteroatoms. The number of hydrogen-bond donors (Lipinski definition) is 1. The van der Waals surface area contributed by atoms with Gasteiger partial charge in [0.1, 0.15) is 23.1 Å². The molecule has 1 aromatic carbocycles. The second-order valence-electron chi connectivity index (χ2n) is 7.00. The van der Waals surface area contributed by atoms with Crippen molar-refractivity contribution in [1.82, 2.24) is 9.88 Å². The van der Waals surface area contributed by atoms with Crippen LogP contribution in [-0.2, 0) is 0 Å². The molecule has 0 bridgehead atoms. The second-order valence-corrected chi connectivity index (χ2v) is 7.97. The van der Waals surface area contributed by atoms with E-state index in [0.29, 0.717) is 11.8 Å². The van der Waals surface area contributed by atoms with Crippen molar-refractivity contribution in [3.63, 3.8) is 0 Å². The minimum absolute atomic E-state index is 0.0276. The van der Waals surface area contributed by atoms with E-state index in [1.54, 1.807) is 17.8 Å². The van der Waals surface area contributed by atoms with Crippen LogP contribution in [0.25, 0.3) is 0 Å². The van der Waals surface area contributed by atoms with Crippen LogP contribution in [0.1, 0.15) is 12.8 Å². The highest BCUT2D eigenvalue weighted by Gasteiger charge is 2.41. The van der Waals surface area contributed by atoms with Crippen LogP contribution in [0.3, 0.4) is 0 Å². The van der Waals surface area contributed by atoms with E-state index in [4.69, 9.17) is 4.74 Å². The van der Waals surface area contributed by atoms with Crippen LogP contribution in [0.15, 0.2) is 41.6 Å². The molecular formula is C19H20F2N2O2S. The number of ether oxygens (including phenoxy) is 1. The zero-order valence-corrected chi connectivity index (χ0v) is 15.0. The fourth-order valence-electron chi connectivity index (χ4n) is 3.95. The maximum Gasteiger partial charge on any atom is 0.133 e. The van der Waals surface area contributed by atoms with Gasteiger partial charge in [-0.25, -0.2) is 13.8 Å². The lowest BCUT2D eigenvalue weighted by Crippen LogP contribution is -2.24. The molecule has 4 rings (SSSR count). The maximum atomic E-state index is 13.3. The minimum atomic E-state index is -0.607. The summed E-state index contributed by atoms with van der Waals surface area (Å²) in [6, 6.07) is 6.80. The number of benzene rings is 1. The number of aromatic nitrogens is 1. The molecule has 2 heterocycles. The zero-order valence-electron chi connectivity index (χ0n) is 14.1. The van der Waals surface area contributed by atoms with Crippen LogP contribution in [0.2, 0.25) is 0 Å². The summed E-state index contributed by atoms with van der Waals surface area (Å²) in [6.45, 7) is 2.01. The van der Waals surface area contributed by atoms with Gasteiger partial charge in [-0.05, 0) is 36.8 Å². The lowest BCUT2D eigenvalue weighted by atomic mass is 10.0. The summed E-state index contributed by atoms with van der Waals surface area (Å²) < 4.78 is 32.4. The minimum Gasteiger partial charge on any atom is -0.506 e. The van der Waals surface area contributed by atoms with E-state index < -0.39 is 11.6 Å². The van der Waals surface area contributed by atoms with Gasteiger partial charge in [-0.15, -0.1) is 0 Å². The van der Waals surface area contributed by atoms with Gasteiger partial charge in [-0.2, -0.15) is 0 Å². The Morgan fingerprint density at radius 1 is 1.12 bits per heavy atom. The first kappa shape index (κ1) is 17.5. The SMILES string of the molecule is Oc1ccc(SCN2C[C@H]3C[C@H](Oc4cc(F)cc(F)c4)C[C@H]3C2)nc1. The van der Waals surface area contributed by atoms with E-state index in [1.807, 2.05) is 6.07 Å². The average Bonchev–Trinajstić information content (AvgIpc) is 3.11. The fraction of sp³-hybridized carbons (Fsp3) is 0.421. The standard InChI is InChI=1S/C19H20F2N2O2S/c20-14-5-15(21)7-18(6-14)25-17-3-12-9-23(10-13(12)4-17)11-26-19-2-1-16(24)8-22-19/h1-2,5-8,12-13,17,24H,3-4,9-11H2/t12-,13+,17+. The maximum absolute atomic E-state index is 13.3. The first-order valence-electron chi connectivity index (χ1n) is 8.68. The number of hydrogen-bond acceptors (Lipinski definition) is 5. The number of fused-ring (bicyclic) bond motifs is 1. The Morgan fingerprint density at radius 3 is 2.42 bits per heavy atom. The van der Waals surface area contributed by atoms with Gasteiger partial charge in [0.05, 0.1) is 23.2 Å². The molecule has 1 saturated heterocycles. The molecule has 3 atom stereocenters. The molecule has 2 aromatic rings. The van der Waals surface area contributed by atoms with E-state index in [-0.39, 0.29) is 17.6 Å². The summed E-state index contributed by atoms with van der Waals surface area (Å²) in [5.41, 5.74) is 0. The molecule has 2 aliphatic rings. The van der Waals surface area contributed by atoms with Crippen molar-refractivity contribution >= 4 is 11.8 Å². The molecule has 0 spiro atoms. The van der Waals surface area contributed by atoms with Gasteiger partial charge in [-0.1, -0.05) is 11.8 Å². The third-order valence-corrected chi connectivity index (χ3v) is 6.07. The molecule has 1 aliphatic carbocycles. The van der Waals surface area contributed by atoms with Gasteiger partial charge in [-0.3, -0.25) is 4.90 Å². The quantitative estimate of drug-likeness (QED) is 0.800. The van der Waals surface area contributed by atoms with Crippen LogP contribution in [-0.4, -0.2) is 40.1 Å². The van der Waals surface area contributed by atoms with Gasteiger partial charge in [0.2, 0.25) is 0 Å². The van der Waals surface area contributed by atoms with Gasteiger partial charge in [0.25, 0.3) is 0 Å². The van der Waals surface area contributed by atoms with Crippen molar-refractivity contribution < 1.29 is 18.6 Å². The second kappa shape index (κ2) is 7.40. The zero-order chi connectivity index (χ0) is 18.1. The van der Waals surface area contributed by atoms with Gasteiger partial charge >= 0.3 is 0 Å². The molecule has 2 fully saturated rings. The molecule has 1 saturated carbocycles. The number of halogens is 2. The lowest BCUT2D eigenvalue weighted by Gasteiger charge is -2.19. The molecule has 1 aliphatic heterocycles.